The molecule has 16 heavy (non-hydrogen) atoms. The van der Waals surface area contributed by atoms with Crippen molar-refractivity contribution in [2.45, 2.75) is 46.6 Å². The van der Waals surface area contributed by atoms with Crippen LogP contribution < -0.4 is 0 Å². The van der Waals surface area contributed by atoms with Gasteiger partial charge in [-0.25, -0.2) is 0 Å². The van der Waals surface area contributed by atoms with Gasteiger partial charge in [-0.1, -0.05) is 27.7 Å². The second-order valence-electron chi connectivity index (χ2n) is 5.75. The first-order valence-corrected chi connectivity index (χ1v) is 7.38. The van der Waals surface area contributed by atoms with Gasteiger partial charge in [-0.15, -0.1) is 11.3 Å². The predicted molar refractivity (Wildman–Crippen MR) is 74.8 cm³/mol. The second-order valence-corrected chi connectivity index (χ2v) is 7.56. The Labute approximate surface area is 111 Å². The molecule has 0 saturated carbocycles. The Morgan fingerprint density at radius 3 is 2.50 bits per heavy atom. The molecule has 0 aliphatic rings. The van der Waals surface area contributed by atoms with Gasteiger partial charge in [0.05, 0.1) is 6.10 Å². The molecule has 0 radical (unpaired) electrons. The summed E-state index contributed by atoms with van der Waals surface area (Å²) in [6.45, 7) is 8.96. The average Bonchev–Trinajstić information content (AvgIpc) is 2.47. The fraction of sp³-hybridized carbons (Fsp3) is 0.692. The molecule has 0 aliphatic heterocycles. The second kappa shape index (κ2) is 5.65. The van der Waals surface area contributed by atoms with Crippen LogP contribution in [0.5, 0.6) is 0 Å². The van der Waals surface area contributed by atoms with E-state index in [0.29, 0.717) is 11.3 Å². The number of rotatable bonds is 4. The summed E-state index contributed by atoms with van der Waals surface area (Å²) in [5.41, 5.74) is 0.339. The summed E-state index contributed by atoms with van der Waals surface area (Å²) in [6, 6.07) is 2.00. The number of hydrogen-bond donors (Lipinski definition) is 1. The molecule has 1 aromatic heterocycles. The molecule has 1 nitrogen and oxygen atoms in total. The van der Waals surface area contributed by atoms with Gasteiger partial charge < -0.3 is 5.11 Å². The Bertz CT molecular complexity index is 327. The van der Waals surface area contributed by atoms with E-state index in [1.54, 1.807) is 11.3 Å². The average molecular weight is 305 g/mol. The van der Waals surface area contributed by atoms with E-state index in [9.17, 15) is 5.11 Å². The highest BCUT2D eigenvalue weighted by atomic mass is 79.9. The van der Waals surface area contributed by atoms with Gasteiger partial charge in [0, 0.05) is 9.35 Å². The van der Waals surface area contributed by atoms with Crippen molar-refractivity contribution in [2.75, 3.05) is 0 Å². The van der Waals surface area contributed by atoms with Gasteiger partial charge in [-0.05, 0) is 51.6 Å². The molecule has 1 aromatic rings. The van der Waals surface area contributed by atoms with Gasteiger partial charge in [0.1, 0.15) is 0 Å². The van der Waals surface area contributed by atoms with Gasteiger partial charge in [0.25, 0.3) is 0 Å². The zero-order valence-electron chi connectivity index (χ0n) is 10.5. The van der Waals surface area contributed by atoms with Crippen LogP contribution in [0.3, 0.4) is 0 Å². The molecule has 92 valence electrons. The Morgan fingerprint density at radius 2 is 2.06 bits per heavy atom. The lowest BCUT2D eigenvalue weighted by molar-refractivity contribution is 0.136. The first-order chi connectivity index (χ1) is 7.29. The highest BCUT2D eigenvalue weighted by Crippen LogP contribution is 2.35. The van der Waals surface area contributed by atoms with Crippen molar-refractivity contribution in [3.05, 3.63) is 20.8 Å². The van der Waals surface area contributed by atoms with Gasteiger partial charge in [-0.3, -0.25) is 0 Å². The Morgan fingerprint density at radius 1 is 1.44 bits per heavy atom. The van der Waals surface area contributed by atoms with Crippen molar-refractivity contribution >= 4 is 27.3 Å². The van der Waals surface area contributed by atoms with Crippen LogP contribution in [-0.4, -0.2) is 5.11 Å². The Hall–Kier alpha value is 0.140. The summed E-state index contributed by atoms with van der Waals surface area (Å²) in [5.74, 6) is 0.545. The quantitative estimate of drug-likeness (QED) is 0.829. The van der Waals surface area contributed by atoms with Crippen LogP contribution in [0.1, 0.15) is 51.5 Å². The molecule has 0 fully saturated rings. The highest BCUT2D eigenvalue weighted by molar-refractivity contribution is 9.10. The molecule has 0 aliphatic carbocycles. The van der Waals surface area contributed by atoms with E-state index in [0.717, 1.165) is 22.2 Å². The molecule has 2 atom stereocenters. The van der Waals surface area contributed by atoms with Crippen LogP contribution in [0.2, 0.25) is 0 Å². The predicted octanol–water partition coefficient (Wildman–Crippen LogP) is 5.01. The smallest absolute Gasteiger partial charge is 0.0895 e. The molecule has 0 spiro atoms. The Kier molecular flexibility index (Phi) is 5.02. The molecule has 3 heteroatoms. The normalized spacial score (nSPS) is 16.1. The van der Waals surface area contributed by atoms with Crippen LogP contribution in [-0.2, 0) is 0 Å². The zero-order valence-corrected chi connectivity index (χ0v) is 12.9. The molecule has 1 N–H and O–H groups in total. The van der Waals surface area contributed by atoms with E-state index in [1.165, 1.54) is 0 Å². The summed E-state index contributed by atoms with van der Waals surface area (Å²) in [4.78, 5) is 1.06. The third kappa shape index (κ3) is 4.56. The van der Waals surface area contributed by atoms with Crippen molar-refractivity contribution in [3.63, 3.8) is 0 Å². The Balaban J connectivity index is 2.52. The first kappa shape index (κ1) is 14.2. The first-order valence-electron chi connectivity index (χ1n) is 5.70. The maximum atomic E-state index is 10.1. The molecule has 1 heterocycles. The van der Waals surface area contributed by atoms with Gasteiger partial charge >= 0.3 is 0 Å². The van der Waals surface area contributed by atoms with Crippen LogP contribution in [0, 0.1) is 11.3 Å². The summed E-state index contributed by atoms with van der Waals surface area (Å²) in [6.07, 6.45) is 1.66. The third-order valence-corrected chi connectivity index (χ3v) is 4.51. The number of thiophene rings is 1. The van der Waals surface area contributed by atoms with E-state index >= 15 is 0 Å². The van der Waals surface area contributed by atoms with Gasteiger partial charge in [0.2, 0.25) is 0 Å². The third-order valence-electron chi connectivity index (χ3n) is 2.53. The number of aliphatic hydroxyl groups is 1. The molecule has 0 amide bonds. The maximum absolute atomic E-state index is 10.1. The van der Waals surface area contributed by atoms with E-state index in [-0.39, 0.29) is 6.10 Å². The van der Waals surface area contributed by atoms with E-state index < -0.39 is 0 Å². The van der Waals surface area contributed by atoms with Gasteiger partial charge in [0.15, 0.2) is 0 Å². The SMILES string of the molecule is CC(CC(O)c1sccc1Br)CC(C)(C)C. The molecular weight excluding hydrogens is 284 g/mol. The van der Waals surface area contributed by atoms with Crippen molar-refractivity contribution in [2.24, 2.45) is 11.3 Å². The minimum Gasteiger partial charge on any atom is -0.388 e. The monoisotopic (exact) mass is 304 g/mol. The molecule has 0 aromatic carbocycles. The van der Waals surface area contributed by atoms with Gasteiger partial charge in [-0.2, -0.15) is 0 Å². The fourth-order valence-corrected chi connectivity index (χ4v) is 3.80. The summed E-state index contributed by atoms with van der Waals surface area (Å²) >= 11 is 5.09. The molecule has 1 rings (SSSR count). The van der Waals surface area contributed by atoms with Crippen LogP contribution in [0.4, 0.5) is 0 Å². The van der Waals surface area contributed by atoms with Crippen molar-refractivity contribution < 1.29 is 5.11 Å². The maximum Gasteiger partial charge on any atom is 0.0895 e. The highest BCUT2D eigenvalue weighted by Gasteiger charge is 2.20. The van der Waals surface area contributed by atoms with E-state index in [1.807, 2.05) is 11.4 Å². The standard InChI is InChI=1S/C13H21BrOS/c1-9(8-13(2,3)4)7-11(15)12-10(14)5-6-16-12/h5-6,9,11,15H,7-8H2,1-4H3. The lowest BCUT2D eigenvalue weighted by Gasteiger charge is -2.24. The largest absolute Gasteiger partial charge is 0.388 e. The van der Waals surface area contributed by atoms with Crippen LogP contribution >= 0.6 is 27.3 Å². The lowest BCUT2D eigenvalue weighted by atomic mass is 9.83. The molecule has 0 bridgehead atoms. The van der Waals surface area contributed by atoms with Crippen LogP contribution in [0.15, 0.2) is 15.9 Å². The minimum atomic E-state index is -0.327. The van der Waals surface area contributed by atoms with Crippen molar-refractivity contribution in [1.82, 2.24) is 0 Å². The number of halogens is 1. The number of hydrogen-bond acceptors (Lipinski definition) is 2. The molecular formula is C13H21BrOS. The number of aliphatic hydroxyl groups excluding tert-OH is 1. The summed E-state index contributed by atoms with van der Waals surface area (Å²) in [5, 5.41) is 12.1. The molecule has 0 saturated heterocycles. The summed E-state index contributed by atoms with van der Waals surface area (Å²) in [7, 11) is 0. The topological polar surface area (TPSA) is 20.2 Å². The molecule has 2 unspecified atom stereocenters. The zero-order chi connectivity index (χ0) is 12.3. The van der Waals surface area contributed by atoms with Crippen molar-refractivity contribution in [3.8, 4) is 0 Å². The van der Waals surface area contributed by atoms with Crippen LogP contribution in [0.25, 0.3) is 0 Å². The fourth-order valence-electron chi connectivity index (χ4n) is 2.16. The van der Waals surface area contributed by atoms with Crippen molar-refractivity contribution in [1.29, 1.82) is 0 Å². The van der Waals surface area contributed by atoms with E-state index in [2.05, 4.69) is 43.6 Å². The summed E-state index contributed by atoms with van der Waals surface area (Å²) < 4.78 is 1.04. The van der Waals surface area contributed by atoms with E-state index in [4.69, 9.17) is 0 Å². The minimum absolute atomic E-state index is 0.327. The lowest BCUT2D eigenvalue weighted by Crippen LogP contribution is -2.13.